The van der Waals surface area contributed by atoms with Gasteiger partial charge in [0.15, 0.2) is 0 Å². The second kappa shape index (κ2) is 6.87. The smallest absolute Gasteiger partial charge is 0.228 e. The normalized spacial score (nSPS) is 10.1. The summed E-state index contributed by atoms with van der Waals surface area (Å²) in [5, 5.41) is 2.06. The number of halogens is 1. The third-order valence-corrected chi connectivity index (χ3v) is 3.09. The van der Waals surface area contributed by atoms with Crippen molar-refractivity contribution in [1.82, 2.24) is 5.32 Å². The lowest BCUT2D eigenvalue weighted by atomic mass is 10.0. The third kappa shape index (κ3) is 4.05. The van der Waals surface area contributed by atoms with Gasteiger partial charge in [0.2, 0.25) is 12.3 Å². The summed E-state index contributed by atoms with van der Waals surface area (Å²) in [6, 6.07) is 3.32. The second-order valence-electron chi connectivity index (χ2n) is 4.44. The molecule has 0 saturated heterocycles. The van der Waals surface area contributed by atoms with Gasteiger partial charge in [-0.2, -0.15) is 0 Å². The van der Waals surface area contributed by atoms with Crippen molar-refractivity contribution in [2.24, 2.45) is 0 Å². The van der Waals surface area contributed by atoms with Crippen molar-refractivity contribution in [3.8, 4) is 0 Å². The zero-order chi connectivity index (χ0) is 14.4. The molecule has 0 fully saturated rings. The van der Waals surface area contributed by atoms with Gasteiger partial charge < -0.3 is 4.90 Å². The molecule has 19 heavy (non-hydrogen) atoms. The minimum atomic E-state index is -0.370. The Morgan fingerprint density at radius 2 is 2.16 bits per heavy atom. The number of carbonyl (C=O) groups is 2. The number of nitrogens with zero attached hydrogens (tertiary/aromatic N) is 1. The van der Waals surface area contributed by atoms with E-state index in [9.17, 15) is 14.0 Å². The predicted octanol–water partition coefficient (Wildman–Crippen LogP) is 1.80. The highest BCUT2D eigenvalue weighted by Gasteiger charge is 2.11. The molecule has 0 radical (unpaired) electrons. The van der Waals surface area contributed by atoms with E-state index in [1.165, 1.54) is 6.07 Å². The zero-order valence-electron chi connectivity index (χ0n) is 11.5. The van der Waals surface area contributed by atoms with Crippen LogP contribution in [0.15, 0.2) is 12.1 Å². The molecule has 0 aliphatic carbocycles. The van der Waals surface area contributed by atoms with Gasteiger partial charge in [0.05, 0.1) is 5.69 Å². The summed E-state index contributed by atoms with van der Waals surface area (Å²) in [6.07, 6.45) is 1.33. The summed E-state index contributed by atoms with van der Waals surface area (Å²) >= 11 is 0. The van der Waals surface area contributed by atoms with Crippen LogP contribution in [0.1, 0.15) is 24.5 Å². The van der Waals surface area contributed by atoms with E-state index in [-0.39, 0.29) is 18.1 Å². The van der Waals surface area contributed by atoms with Crippen LogP contribution in [-0.4, -0.2) is 25.9 Å². The number of imide groups is 1. The van der Waals surface area contributed by atoms with Gasteiger partial charge in [-0.15, -0.1) is 0 Å². The maximum absolute atomic E-state index is 13.9. The largest absolute Gasteiger partial charge is 0.372 e. The second-order valence-corrected chi connectivity index (χ2v) is 4.44. The van der Waals surface area contributed by atoms with Gasteiger partial charge in [-0.25, -0.2) is 4.39 Å². The van der Waals surface area contributed by atoms with Gasteiger partial charge in [0, 0.05) is 20.0 Å². The van der Waals surface area contributed by atoms with Crippen LogP contribution in [0.5, 0.6) is 0 Å². The molecule has 5 heteroatoms. The molecular weight excluding hydrogens is 247 g/mol. The zero-order valence-corrected chi connectivity index (χ0v) is 11.5. The maximum Gasteiger partial charge on any atom is 0.228 e. The Morgan fingerprint density at radius 1 is 1.47 bits per heavy atom. The van der Waals surface area contributed by atoms with E-state index in [1.54, 1.807) is 11.9 Å². The minimum absolute atomic E-state index is 0.143. The van der Waals surface area contributed by atoms with E-state index in [1.807, 2.05) is 19.9 Å². The van der Waals surface area contributed by atoms with Crippen molar-refractivity contribution in [2.45, 2.75) is 26.7 Å². The monoisotopic (exact) mass is 266 g/mol. The van der Waals surface area contributed by atoms with Crippen molar-refractivity contribution in [2.75, 3.05) is 18.5 Å². The molecule has 0 spiro atoms. The van der Waals surface area contributed by atoms with E-state index in [0.29, 0.717) is 18.6 Å². The molecule has 1 N–H and O–H groups in total. The SMILES string of the molecule is CCc1cc(N(C)CCC(=O)NC=O)c(F)cc1C. The lowest BCUT2D eigenvalue weighted by Gasteiger charge is -2.21. The first-order valence-electron chi connectivity index (χ1n) is 6.22. The van der Waals surface area contributed by atoms with Gasteiger partial charge in [-0.3, -0.25) is 14.9 Å². The van der Waals surface area contributed by atoms with Crippen LogP contribution in [0.3, 0.4) is 0 Å². The summed E-state index contributed by atoms with van der Waals surface area (Å²) in [5.41, 5.74) is 2.48. The van der Waals surface area contributed by atoms with E-state index < -0.39 is 0 Å². The number of nitrogens with one attached hydrogen (secondary N) is 1. The van der Waals surface area contributed by atoms with Crippen molar-refractivity contribution < 1.29 is 14.0 Å². The molecule has 1 aromatic rings. The number of hydrogen-bond donors (Lipinski definition) is 1. The quantitative estimate of drug-likeness (QED) is 0.799. The van der Waals surface area contributed by atoms with E-state index in [2.05, 4.69) is 5.32 Å². The van der Waals surface area contributed by atoms with Crippen LogP contribution in [0, 0.1) is 12.7 Å². The first-order chi connectivity index (χ1) is 8.99. The summed E-state index contributed by atoms with van der Waals surface area (Å²) in [6.45, 7) is 4.24. The highest BCUT2D eigenvalue weighted by atomic mass is 19.1. The summed E-state index contributed by atoms with van der Waals surface area (Å²) in [4.78, 5) is 23.0. The standard InChI is InChI=1S/C14H19FN2O2/c1-4-11-8-13(12(15)7-10(11)2)17(3)6-5-14(19)16-9-18/h7-9H,4-6H2,1-3H3,(H,16,18,19). The first-order valence-corrected chi connectivity index (χ1v) is 6.22. The highest BCUT2D eigenvalue weighted by molar-refractivity contribution is 5.86. The van der Waals surface area contributed by atoms with E-state index in [4.69, 9.17) is 0 Å². The number of hydrogen-bond acceptors (Lipinski definition) is 3. The fraction of sp³-hybridized carbons (Fsp3) is 0.429. The summed E-state index contributed by atoms with van der Waals surface area (Å²) in [5.74, 6) is -0.668. The van der Waals surface area contributed by atoms with Crippen LogP contribution >= 0.6 is 0 Å². The Hall–Kier alpha value is -1.91. The fourth-order valence-electron chi connectivity index (χ4n) is 1.91. The predicted molar refractivity (Wildman–Crippen MR) is 72.6 cm³/mol. The molecule has 0 heterocycles. The average molecular weight is 266 g/mol. The summed E-state index contributed by atoms with van der Waals surface area (Å²) in [7, 11) is 1.72. The average Bonchev–Trinajstić information content (AvgIpc) is 2.36. The van der Waals surface area contributed by atoms with Crippen LogP contribution in [0.4, 0.5) is 10.1 Å². The molecule has 1 rings (SSSR count). The highest BCUT2D eigenvalue weighted by Crippen LogP contribution is 2.23. The van der Waals surface area contributed by atoms with Gasteiger partial charge in [-0.1, -0.05) is 6.92 Å². The van der Waals surface area contributed by atoms with Crippen molar-refractivity contribution >= 4 is 18.0 Å². The van der Waals surface area contributed by atoms with Gasteiger partial charge in [0.25, 0.3) is 0 Å². The molecule has 2 amide bonds. The number of carbonyl (C=O) groups excluding carboxylic acids is 2. The Morgan fingerprint density at radius 3 is 2.74 bits per heavy atom. The van der Waals surface area contributed by atoms with Gasteiger partial charge in [-0.05, 0) is 36.6 Å². The molecule has 0 aliphatic heterocycles. The molecule has 4 nitrogen and oxygen atoms in total. The molecule has 0 saturated carbocycles. The number of amides is 2. The Kier molecular flexibility index (Phi) is 5.48. The first kappa shape index (κ1) is 15.1. The van der Waals surface area contributed by atoms with E-state index in [0.717, 1.165) is 17.5 Å². The molecule has 1 aromatic carbocycles. The van der Waals surface area contributed by atoms with Crippen LogP contribution in [0.25, 0.3) is 0 Å². The summed E-state index contributed by atoms with van der Waals surface area (Å²) < 4.78 is 13.9. The Bertz CT molecular complexity index is 475. The number of rotatable bonds is 6. The molecular formula is C14H19FN2O2. The van der Waals surface area contributed by atoms with Crippen molar-refractivity contribution in [1.29, 1.82) is 0 Å². The van der Waals surface area contributed by atoms with Gasteiger partial charge >= 0.3 is 0 Å². The van der Waals surface area contributed by atoms with Crippen LogP contribution in [-0.2, 0) is 16.0 Å². The van der Waals surface area contributed by atoms with Crippen LogP contribution in [0.2, 0.25) is 0 Å². The molecule has 0 aliphatic rings. The Labute approximate surface area is 112 Å². The lowest BCUT2D eigenvalue weighted by Crippen LogP contribution is -2.28. The molecule has 104 valence electrons. The van der Waals surface area contributed by atoms with Crippen LogP contribution < -0.4 is 10.2 Å². The number of anilines is 1. The molecule has 0 atom stereocenters. The van der Waals surface area contributed by atoms with Gasteiger partial charge in [0.1, 0.15) is 5.82 Å². The fourth-order valence-corrected chi connectivity index (χ4v) is 1.91. The maximum atomic E-state index is 13.9. The molecule has 0 unspecified atom stereocenters. The Balaban J connectivity index is 2.78. The topological polar surface area (TPSA) is 49.4 Å². The third-order valence-electron chi connectivity index (χ3n) is 3.09. The molecule has 0 bridgehead atoms. The minimum Gasteiger partial charge on any atom is -0.372 e. The lowest BCUT2D eigenvalue weighted by molar-refractivity contribution is -0.125. The molecule has 0 aromatic heterocycles. The van der Waals surface area contributed by atoms with Crippen molar-refractivity contribution in [3.63, 3.8) is 0 Å². The van der Waals surface area contributed by atoms with E-state index >= 15 is 0 Å². The number of aryl methyl sites for hydroxylation is 2. The van der Waals surface area contributed by atoms with Crippen molar-refractivity contribution in [3.05, 3.63) is 29.1 Å². The number of benzene rings is 1.